The fourth-order valence-electron chi connectivity index (χ4n) is 2.91. The van der Waals surface area contributed by atoms with Gasteiger partial charge in [0.15, 0.2) is 0 Å². The van der Waals surface area contributed by atoms with Crippen molar-refractivity contribution in [2.75, 3.05) is 14.2 Å². The summed E-state index contributed by atoms with van der Waals surface area (Å²) in [6.45, 7) is 0. The summed E-state index contributed by atoms with van der Waals surface area (Å²) in [5, 5.41) is 0. The van der Waals surface area contributed by atoms with Gasteiger partial charge in [0.25, 0.3) is 0 Å². The number of hydrogen-bond donors (Lipinski definition) is 0. The smallest absolute Gasteiger partial charge is 0.449 e. The van der Waals surface area contributed by atoms with Crippen LogP contribution < -0.4 is 4.74 Å². The first-order chi connectivity index (χ1) is 12.8. The lowest BCUT2D eigenvalue weighted by Gasteiger charge is -2.26. The van der Waals surface area contributed by atoms with Gasteiger partial charge in [-0.25, -0.2) is 0 Å². The number of carbonyl (C=O) groups excluding carboxylic acids is 2. The number of esters is 1. The SMILES string of the molecule is COC(=O)[C@@H](c1ccccc1)[C@@H](CC(=O)C(F)(F)F)c1ccc(OC)cc1. The third kappa shape index (κ3) is 5.09. The van der Waals surface area contributed by atoms with Crippen molar-refractivity contribution in [3.63, 3.8) is 0 Å². The zero-order valence-corrected chi connectivity index (χ0v) is 14.8. The van der Waals surface area contributed by atoms with Gasteiger partial charge in [0.05, 0.1) is 20.1 Å². The van der Waals surface area contributed by atoms with Crippen molar-refractivity contribution in [3.05, 3.63) is 65.7 Å². The molecule has 0 saturated carbocycles. The third-order valence-electron chi connectivity index (χ3n) is 4.28. The summed E-state index contributed by atoms with van der Waals surface area (Å²) in [6, 6.07) is 14.5. The van der Waals surface area contributed by atoms with Crippen LogP contribution in [0.2, 0.25) is 0 Å². The number of ketones is 1. The Kier molecular flexibility index (Phi) is 6.60. The number of carbonyl (C=O) groups is 2. The van der Waals surface area contributed by atoms with Crippen LogP contribution in [0.4, 0.5) is 13.2 Å². The normalized spacial score (nSPS) is 13.5. The van der Waals surface area contributed by atoms with Gasteiger partial charge in [0.1, 0.15) is 5.75 Å². The van der Waals surface area contributed by atoms with Gasteiger partial charge in [-0.2, -0.15) is 13.2 Å². The highest BCUT2D eigenvalue weighted by Gasteiger charge is 2.43. The molecule has 0 saturated heterocycles. The Labute approximate surface area is 154 Å². The molecule has 0 N–H and O–H groups in total. The molecule has 0 fully saturated rings. The standard InChI is InChI=1S/C20H19F3O4/c1-26-15-10-8-13(9-11-15)16(12-17(24)20(21,22)23)18(19(25)27-2)14-6-4-3-5-7-14/h3-11,16,18H,12H2,1-2H3/t16-,18-/m0/s1. The second-order valence-electron chi connectivity index (χ2n) is 5.92. The van der Waals surface area contributed by atoms with Crippen LogP contribution in [-0.4, -0.2) is 32.1 Å². The number of Topliss-reactive ketones (excluding diaryl/α,β-unsaturated/α-hetero) is 1. The van der Waals surface area contributed by atoms with Crippen LogP contribution in [0.1, 0.15) is 29.4 Å². The van der Waals surface area contributed by atoms with E-state index in [2.05, 4.69) is 0 Å². The molecule has 0 aliphatic rings. The van der Waals surface area contributed by atoms with Crippen LogP contribution in [0.25, 0.3) is 0 Å². The molecular formula is C20H19F3O4. The second kappa shape index (κ2) is 8.70. The lowest BCUT2D eigenvalue weighted by molar-refractivity contribution is -0.171. The van der Waals surface area contributed by atoms with E-state index in [1.165, 1.54) is 7.11 Å². The molecule has 0 unspecified atom stereocenters. The van der Waals surface area contributed by atoms with Gasteiger partial charge >= 0.3 is 12.1 Å². The molecule has 0 aliphatic heterocycles. The third-order valence-corrected chi connectivity index (χ3v) is 4.28. The van der Waals surface area contributed by atoms with Crippen LogP contribution in [0.5, 0.6) is 5.75 Å². The lowest BCUT2D eigenvalue weighted by Crippen LogP contribution is -2.29. The van der Waals surface area contributed by atoms with Gasteiger partial charge < -0.3 is 9.47 Å². The predicted molar refractivity (Wildman–Crippen MR) is 92.6 cm³/mol. The first-order valence-corrected chi connectivity index (χ1v) is 8.14. The van der Waals surface area contributed by atoms with E-state index < -0.39 is 36.2 Å². The molecule has 144 valence electrons. The van der Waals surface area contributed by atoms with Crippen LogP contribution in [0.15, 0.2) is 54.6 Å². The van der Waals surface area contributed by atoms with E-state index in [-0.39, 0.29) is 0 Å². The molecule has 27 heavy (non-hydrogen) atoms. The number of halogens is 3. The van der Waals surface area contributed by atoms with Gasteiger partial charge in [0.2, 0.25) is 5.78 Å². The van der Waals surface area contributed by atoms with Gasteiger partial charge in [-0.3, -0.25) is 9.59 Å². The summed E-state index contributed by atoms with van der Waals surface area (Å²) in [5.74, 6) is -4.20. The number of alkyl halides is 3. The van der Waals surface area contributed by atoms with E-state index in [9.17, 15) is 22.8 Å². The minimum absolute atomic E-state index is 0.410. The second-order valence-corrected chi connectivity index (χ2v) is 5.92. The maximum absolute atomic E-state index is 12.9. The summed E-state index contributed by atoms with van der Waals surface area (Å²) in [5.41, 5.74) is 0.882. The fraction of sp³-hybridized carbons (Fsp3) is 0.300. The molecule has 0 spiro atoms. The Morgan fingerprint density at radius 3 is 2.00 bits per heavy atom. The summed E-state index contributed by atoms with van der Waals surface area (Å²) in [4.78, 5) is 24.2. The quantitative estimate of drug-likeness (QED) is 0.674. The first-order valence-electron chi connectivity index (χ1n) is 8.14. The van der Waals surface area contributed by atoms with Crippen LogP contribution in [0.3, 0.4) is 0 Å². The van der Waals surface area contributed by atoms with Crippen molar-refractivity contribution < 1.29 is 32.2 Å². The van der Waals surface area contributed by atoms with E-state index in [1.54, 1.807) is 54.6 Å². The van der Waals surface area contributed by atoms with Crippen molar-refractivity contribution in [2.45, 2.75) is 24.4 Å². The number of ether oxygens (including phenoxy) is 2. The number of benzene rings is 2. The average molecular weight is 380 g/mol. The molecule has 0 aliphatic carbocycles. The Bertz CT molecular complexity index is 770. The van der Waals surface area contributed by atoms with Crippen molar-refractivity contribution in [3.8, 4) is 5.75 Å². The Morgan fingerprint density at radius 1 is 0.926 bits per heavy atom. The Balaban J connectivity index is 2.53. The molecule has 0 aromatic heterocycles. The zero-order chi connectivity index (χ0) is 20.0. The van der Waals surface area contributed by atoms with Crippen molar-refractivity contribution in [1.29, 1.82) is 0 Å². The summed E-state index contributed by atoms with van der Waals surface area (Å²) in [7, 11) is 2.62. The predicted octanol–water partition coefficient (Wildman–Crippen LogP) is 4.26. The maximum Gasteiger partial charge on any atom is 0.449 e. The average Bonchev–Trinajstić information content (AvgIpc) is 2.67. The van der Waals surface area contributed by atoms with Crippen LogP contribution >= 0.6 is 0 Å². The van der Waals surface area contributed by atoms with Crippen LogP contribution in [-0.2, 0) is 14.3 Å². The molecular weight excluding hydrogens is 361 g/mol. The van der Waals surface area contributed by atoms with Gasteiger partial charge in [-0.15, -0.1) is 0 Å². The van der Waals surface area contributed by atoms with E-state index in [0.29, 0.717) is 16.9 Å². The molecule has 2 rings (SSSR count). The summed E-state index contributed by atoms with van der Waals surface area (Å²) < 4.78 is 48.6. The maximum atomic E-state index is 12.9. The summed E-state index contributed by atoms with van der Waals surface area (Å²) >= 11 is 0. The number of rotatable bonds is 7. The topological polar surface area (TPSA) is 52.6 Å². The van der Waals surface area contributed by atoms with Gasteiger partial charge in [0, 0.05) is 12.3 Å². The molecule has 0 heterocycles. The number of hydrogen-bond acceptors (Lipinski definition) is 4. The number of methoxy groups -OCH3 is 2. The molecule has 0 bridgehead atoms. The van der Waals surface area contributed by atoms with Crippen molar-refractivity contribution in [1.82, 2.24) is 0 Å². The van der Waals surface area contributed by atoms with E-state index in [0.717, 1.165) is 7.11 Å². The molecule has 0 radical (unpaired) electrons. The van der Waals surface area contributed by atoms with Gasteiger partial charge in [-0.05, 0) is 23.3 Å². The highest BCUT2D eigenvalue weighted by Crippen LogP contribution is 2.39. The molecule has 2 atom stereocenters. The van der Waals surface area contributed by atoms with E-state index >= 15 is 0 Å². The summed E-state index contributed by atoms with van der Waals surface area (Å²) in [6.07, 6.45) is -5.85. The first kappa shape index (κ1) is 20.5. The highest BCUT2D eigenvalue weighted by molar-refractivity contribution is 5.87. The minimum Gasteiger partial charge on any atom is -0.497 e. The molecule has 7 heteroatoms. The molecule has 4 nitrogen and oxygen atoms in total. The molecule has 0 amide bonds. The molecule has 2 aromatic carbocycles. The largest absolute Gasteiger partial charge is 0.497 e. The fourth-order valence-corrected chi connectivity index (χ4v) is 2.91. The van der Waals surface area contributed by atoms with E-state index in [4.69, 9.17) is 9.47 Å². The Morgan fingerprint density at radius 2 is 1.52 bits per heavy atom. The monoisotopic (exact) mass is 380 g/mol. The minimum atomic E-state index is -4.98. The molecule has 2 aromatic rings. The van der Waals surface area contributed by atoms with Gasteiger partial charge in [-0.1, -0.05) is 42.5 Å². The van der Waals surface area contributed by atoms with Crippen molar-refractivity contribution in [2.24, 2.45) is 0 Å². The van der Waals surface area contributed by atoms with Crippen LogP contribution in [0, 0.1) is 0 Å². The van der Waals surface area contributed by atoms with E-state index in [1.807, 2.05) is 0 Å². The zero-order valence-electron chi connectivity index (χ0n) is 14.8. The Hall–Kier alpha value is -2.83. The lowest BCUT2D eigenvalue weighted by atomic mass is 9.78. The highest BCUT2D eigenvalue weighted by atomic mass is 19.4. The van der Waals surface area contributed by atoms with Crippen molar-refractivity contribution >= 4 is 11.8 Å².